The highest BCUT2D eigenvalue weighted by molar-refractivity contribution is 7.45. The first-order valence-electron chi connectivity index (χ1n) is 28.3. The van der Waals surface area contributed by atoms with Gasteiger partial charge in [-0.2, -0.15) is 0 Å². The van der Waals surface area contributed by atoms with Crippen molar-refractivity contribution < 1.29 is 37.3 Å². The Kier molecular flexibility index (Phi) is 50.3. The van der Waals surface area contributed by atoms with Crippen LogP contribution in [-0.4, -0.2) is 70.7 Å². The summed E-state index contributed by atoms with van der Waals surface area (Å²) in [5.74, 6) is -0.341. The van der Waals surface area contributed by atoms with Crippen LogP contribution < -0.4 is 4.89 Å². The molecule has 2 atom stereocenters. The molecule has 0 bridgehead atoms. The second-order valence-corrected chi connectivity index (χ2v) is 21.3. The maximum absolute atomic E-state index is 12.8. The van der Waals surface area contributed by atoms with Crippen LogP contribution in [0.15, 0.2) is 85.1 Å². The Morgan fingerprint density at radius 3 is 1.26 bits per heavy atom. The van der Waals surface area contributed by atoms with Gasteiger partial charge in [-0.3, -0.25) is 9.36 Å². The predicted molar refractivity (Wildman–Crippen MR) is 295 cm³/mol. The van der Waals surface area contributed by atoms with Crippen LogP contribution in [0.2, 0.25) is 0 Å². The van der Waals surface area contributed by atoms with Gasteiger partial charge in [0.05, 0.1) is 34.4 Å². The van der Waals surface area contributed by atoms with Crippen LogP contribution in [0.5, 0.6) is 0 Å². The van der Waals surface area contributed by atoms with E-state index in [0.29, 0.717) is 24.1 Å². The first-order valence-corrected chi connectivity index (χ1v) is 29.8. The number of nitrogens with zero attached hydrogens (tertiary/aromatic N) is 1. The van der Waals surface area contributed by atoms with E-state index in [4.69, 9.17) is 18.5 Å². The highest BCUT2D eigenvalue weighted by atomic mass is 31.2. The lowest BCUT2D eigenvalue weighted by Gasteiger charge is -2.28. The van der Waals surface area contributed by atoms with Crippen molar-refractivity contribution in [3.63, 3.8) is 0 Å². The lowest BCUT2D eigenvalue weighted by Crippen LogP contribution is -2.37. The Hall–Kier alpha value is -2.32. The van der Waals surface area contributed by atoms with Crippen molar-refractivity contribution in [1.82, 2.24) is 0 Å². The summed E-state index contributed by atoms with van der Waals surface area (Å²) in [5, 5.41) is 0. The van der Waals surface area contributed by atoms with E-state index in [0.717, 1.165) is 70.6 Å². The van der Waals surface area contributed by atoms with Gasteiger partial charge in [0.1, 0.15) is 19.3 Å². The van der Waals surface area contributed by atoms with Gasteiger partial charge in [-0.15, -0.1) is 0 Å². The van der Waals surface area contributed by atoms with Gasteiger partial charge >= 0.3 is 5.97 Å². The van der Waals surface area contributed by atoms with E-state index in [1.165, 1.54) is 141 Å². The number of esters is 1. The van der Waals surface area contributed by atoms with Crippen molar-refractivity contribution in [3.05, 3.63) is 85.1 Å². The number of hydrogen-bond acceptors (Lipinski definition) is 7. The van der Waals surface area contributed by atoms with Crippen LogP contribution in [0.4, 0.5) is 0 Å². The van der Waals surface area contributed by atoms with Gasteiger partial charge in [0.25, 0.3) is 7.82 Å². The summed E-state index contributed by atoms with van der Waals surface area (Å²) in [6, 6.07) is 0. The molecule has 0 saturated carbocycles. The van der Waals surface area contributed by atoms with Gasteiger partial charge in [0, 0.05) is 13.0 Å². The minimum Gasteiger partial charge on any atom is -0.756 e. The normalized spacial score (nSPS) is 14.1. The Morgan fingerprint density at radius 2 is 0.841 bits per heavy atom. The van der Waals surface area contributed by atoms with Crippen molar-refractivity contribution >= 4 is 13.8 Å². The second-order valence-electron chi connectivity index (χ2n) is 19.9. The van der Waals surface area contributed by atoms with Crippen LogP contribution in [0, 0.1) is 0 Å². The fraction of sp³-hybridized carbons (Fsp3) is 0.750. The van der Waals surface area contributed by atoms with Gasteiger partial charge in [0.2, 0.25) is 0 Å². The largest absolute Gasteiger partial charge is 0.756 e. The van der Waals surface area contributed by atoms with Gasteiger partial charge in [-0.05, 0) is 89.9 Å². The summed E-state index contributed by atoms with van der Waals surface area (Å²) >= 11 is 0. The Bertz CT molecular complexity index is 1380. The van der Waals surface area contributed by atoms with Crippen molar-refractivity contribution in [1.29, 1.82) is 0 Å². The average Bonchev–Trinajstić information content (AvgIpc) is 3.31. The number of ether oxygens (including phenoxy) is 2. The molecule has 9 heteroatoms. The van der Waals surface area contributed by atoms with Gasteiger partial charge in [0.15, 0.2) is 0 Å². The molecule has 0 saturated heterocycles. The molecule has 0 radical (unpaired) electrons. The summed E-state index contributed by atoms with van der Waals surface area (Å²) in [4.78, 5) is 25.3. The molecular formula is C60H108NO7P. The first kappa shape index (κ1) is 66.7. The molecule has 8 nitrogen and oxygen atoms in total. The summed E-state index contributed by atoms with van der Waals surface area (Å²) in [5.41, 5.74) is 0. The number of phosphoric ester groups is 1. The average molecular weight is 986 g/mol. The zero-order valence-electron chi connectivity index (χ0n) is 45.5. The van der Waals surface area contributed by atoms with Gasteiger partial charge in [-0.1, -0.05) is 221 Å². The Morgan fingerprint density at radius 1 is 0.464 bits per heavy atom. The highest BCUT2D eigenvalue weighted by Gasteiger charge is 2.20. The molecule has 0 amide bonds. The Balaban J connectivity index is 4.12. The van der Waals surface area contributed by atoms with Crippen LogP contribution in [-0.2, 0) is 27.9 Å². The fourth-order valence-corrected chi connectivity index (χ4v) is 8.33. The number of quaternary nitrogens is 1. The molecule has 0 N–H and O–H groups in total. The lowest BCUT2D eigenvalue weighted by molar-refractivity contribution is -0.870. The van der Waals surface area contributed by atoms with E-state index in [1.54, 1.807) is 0 Å². The van der Waals surface area contributed by atoms with E-state index in [1.807, 2.05) is 21.1 Å². The van der Waals surface area contributed by atoms with E-state index in [9.17, 15) is 14.3 Å². The molecule has 0 rings (SSSR count). The molecule has 0 aliphatic heterocycles. The molecule has 0 spiro atoms. The zero-order chi connectivity index (χ0) is 50.5. The molecule has 0 aromatic rings. The topological polar surface area (TPSA) is 94.1 Å². The minimum absolute atomic E-state index is 0.0207. The number of allylic oxidation sites excluding steroid dienone is 14. The van der Waals surface area contributed by atoms with Gasteiger partial charge < -0.3 is 27.9 Å². The van der Waals surface area contributed by atoms with Crippen molar-refractivity contribution in [3.8, 4) is 0 Å². The molecule has 0 heterocycles. The number of carbonyl (C=O) groups is 1. The number of carbonyl (C=O) groups excluding carboxylic acids is 1. The lowest BCUT2D eigenvalue weighted by atomic mass is 10.1. The number of likely N-dealkylation sites (N-methyl/N-ethyl adjacent to an activating group) is 1. The maximum atomic E-state index is 12.8. The molecule has 0 aliphatic carbocycles. The summed E-state index contributed by atoms with van der Waals surface area (Å²) < 4.78 is 34.8. The fourth-order valence-electron chi connectivity index (χ4n) is 7.60. The third-order valence-electron chi connectivity index (χ3n) is 11.9. The molecule has 69 heavy (non-hydrogen) atoms. The quantitative estimate of drug-likeness (QED) is 0.0197. The second kappa shape index (κ2) is 52.0. The molecule has 0 aromatic carbocycles. The van der Waals surface area contributed by atoms with E-state index in [-0.39, 0.29) is 25.8 Å². The number of hydrogen-bond donors (Lipinski definition) is 0. The number of rotatable bonds is 52. The predicted octanol–water partition coefficient (Wildman–Crippen LogP) is 17.3. The first-order chi connectivity index (χ1) is 33.6. The zero-order valence-corrected chi connectivity index (χ0v) is 46.4. The summed E-state index contributed by atoms with van der Waals surface area (Å²) in [7, 11) is 1.34. The third kappa shape index (κ3) is 56.5. The molecular weight excluding hydrogens is 878 g/mol. The molecule has 0 aromatic heterocycles. The van der Waals surface area contributed by atoms with E-state index in [2.05, 4.69) is 98.9 Å². The Labute approximate surface area is 426 Å². The van der Waals surface area contributed by atoms with Crippen molar-refractivity contribution in [2.75, 3.05) is 54.1 Å². The molecule has 2 unspecified atom stereocenters. The monoisotopic (exact) mass is 986 g/mol. The molecule has 0 fully saturated rings. The third-order valence-corrected chi connectivity index (χ3v) is 12.9. The summed E-state index contributed by atoms with van der Waals surface area (Å²) in [6.45, 7) is 5.28. The highest BCUT2D eigenvalue weighted by Crippen LogP contribution is 2.38. The van der Waals surface area contributed by atoms with Crippen LogP contribution in [0.25, 0.3) is 0 Å². The minimum atomic E-state index is -4.54. The summed E-state index contributed by atoms with van der Waals surface area (Å²) in [6.07, 6.45) is 70.4. The molecule has 400 valence electrons. The maximum Gasteiger partial charge on any atom is 0.306 e. The van der Waals surface area contributed by atoms with Crippen LogP contribution in [0.1, 0.15) is 232 Å². The smallest absolute Gasteiger partial charge is 0.306 e. The van der Waals surface area contributed by atoms with Gasteiger partial charge in [-0.25, -0.2) is 0 Å². The van der Waals surface area contributed by atoms with E-state index >= 15 is 0 Å². The standard InChI is InChI=1S/C60H108NO7P/c1-6-8-10-12-14-16-18-20-22-24-26-28-29-30-31-32-34-36-38-40-42-44-46-48-50-52-55-65-57-59(58-67-69(63,64)66-56-54-61(3,4)5)68-60(62)53-51-49-47-45-43-41-39-37-35-33-27-25-23-21-19-17-15-13-11-9-7-2/h8,10,14,16,19-22,25-28,30-31,59H,6-7,9,11-13,15,17-18,23-24,29,32-58H2,1-5H3/b10-8-,16-14-,21-19-,22-20-,27-25-,28-26-,31-30-. The van der Waals surface area contributed by atoms with Crippen molar-refractivity contribution in [2.24, 2.45) is 0 Å². The number of phosphoric acid groups is 1. The SMILES string of the molecule is CC/C=C\C/C=C\C/C=C\C/C=C\C/C=C\CCCCCCCCCCCCOCC(COP(=O)([O-])OCC[N+](C)(C)C)OC(=O)CCCCCCCCCCC/C=C\C/C=C\CCCCCCC. The number of unbranched alkanes of at least 4 members (excludes halogenated alkanes) is 24. The molecule has 0 aliphatic rings. The van der Waals surface area contributed by atoms with Crippen molar-refractivity contribution in [2.45, 2.75) is 238 Å². The van der Waals surface area contributed by atoms with E-state index < -0.39 is 13.9 Å². The van der Waals surface area contributed by atoms with Crippen LogP contribution in [0.3, 0.4) is 0 Å². The van der Waals surface area contributed by atoms with Crippen LogP contribution >= 0.6 is 7.82 Å².